The molecule has 9 nitrogen and oxygen atoms in total. The molecule has 1 saturated heterocycles. The third-order valence-electron chi connectivity index (χ3n) is 5.42. The van der Waals surface area contributed by atoms with Crippen LogP contribution >= 0.6 is 11.8 Å². The minimum atomic E-state index is -3.62. The summed E-state index contributed by atoms with van der Waals surface area (Å²) in [6.45, 7) is 2.20. The van der Waals surface area contributed by atoms with Crippen LogP contribution in [-0.4, -0.2) is 73.9 Å². The Kier molecular flexibility index (Phi) is 6.73. The van der Waals surface area contributed by atoms with E-state index in [0.29, 0.717) is 11.4 Å². The summed E-state index contributed by atoms with van der Waals surface area (Å²) in [5.74, 6) is -0.879. The monoisotopic (exact) mass is 489 g/mol. The molecule has 2 aromatic carbocycles. The first-order valence-corrected chi connectivity index (χ1v) is 12.7. The van der Waals surface area contributed by atoms with Gasteiger partial charge < -0.3 is 15.0 Å². The van der Waals surface area contributed by atoms with Gasteiger partial charge in [0.05, 0.1) is 21.9 Å². The summed E-state index contributed by atoms with van der Waals surface area (Å²) in [5, 5.41) is 2.71. The first kappa shape index (κ1) is 23.3. The number of benzene rings is 2. The second-order valence-corrected chi connectivity index (χ2v) is 10.7. The Labute approximate surface area is 196 Å². The Morgan fingerprint density at radius 1 is 1.06 bits per heavy atom. The zero-order chi connectivity index (χ0) is 23.6. The van der Waals surface area contributed by atoms with Crippen LogP contribution in [0.5, 0.6) is 0 Å². The maximum absolute atomic E-state index is 12.8. The molecule has 0 atom stereocenters. The van der Waals surface area contributed by atoms with Crippen LogP contribution in [0.1, 0.15) is 15.9 Å². The van der Waals surface area contributed by atoms with Gasteiger partial charge in [-0.3, -0.25) is 9.59 Å². The molecular weight excluding hydrogens is 466 g/mol. The number of fused-ring (bicyclic) bond motifs is 1. The summed E-state index contributed by atoms with van der Waals surface area (Å²) < 4.78 is 32.1. The molecule has 0 radical (unpaired) electrons. The van der Waals surface area contributed by atoms with Gasteiger partial charge in [0.25, 0.3) is 5.91 Å². The van der Waals surface area contributed by atoms with Gasteiger partial charge in [0.2, 0.25) is 15.9 Å². The standard InChI is InChI=1S/C22H23N3O6S2/c1-15-2-5-17(6-3-15)33(29,30)25-10-8-24(9-11-25)21(27)13-31-22(28)16-4-7-19-18(12-16)23-20(26)14-32-19/h2-7,12H,8-11,13-14H2,1H3,(H,23,26). The second-order valence-electron chi connectivity index (χ2n) is 7.72. The van der Waals surface area contributed by atoms with Gasteiger partial charge in [-0.15, -0.1) is 11.8 Å². The summed E-state index contributed by atoms with van der Waals surface area (Å²) >= 11 is 1.38. The Hall–Kier alpha value is -2.89. The molecule has 11 heteroatoms. The van der Waals surface area contributed by atoms with Crippen molar-refractivity contribution in [2.45, 2.75) is 16.7 Å². The molecule has 0 spiro atoms. The first-order chi connectivity index (χ1) is 15.7. The Bertz CT molecular complexity index is 1190. The van der Waals surface area contributed by atoms with Crippen LogP contribution in [0.2, 0.25) is 0 Å². The Morgan fingerprint density at radius 2 is 1.76 bits per heavy atom. The van der Waals surface area contributed by atoms with Gasteiger partial charge in [-0.25, -0.2) is 13.2 Å². The highest BCUT2D eigenvalue weighted by molar-refractivity contribution is 8.00. The molecule has 0 aliphatic carbocycles. The number of ether oxygens (including phenoxy) is 1. The van der Waals surface area contributed by atoms with Crippen molar-refractivity contribution in [2.24, 2.45) is 0 Å². The molecule has 0 bridgehead atoms. The Balaban J connectivity index is 1.30. The van der Waals surface area contributed by atoms with Gasteiger partial charge in [-0.1, -0.05) is 17.7 Å². The van der Waals surface area contributed by atoms with E-state index in [1.807, 2.05) is 6.92 Å². The highest BCUT2D eigenvalue weighted by atomic mass is 32.2. The topological polar surface area (TPSA) is 113 Å². The van der Waals surface area contributed by atoms with Crippen LogP contribution in [0.4, 0.5) is 5.69 Å². The van der Waals surface area contributed by atoms with Crippen molar-refractivity contribution in [2.75, 3.05) is 43.9 Å². The SMILES string of the molecule is Cc1ccc(S(=O)(=O)N2CCN(C(=O)COC(=O)c3ccc4c(c3)NC(=O)CS4)CC2)cc1. The number of hydrogen-bond donors (Lipinski definition) is 1. The van der Waals surface area contributed by atoms with E-state index in [1.165, 1.54) is 27.0 Å². The number of anilines is 1. The van der Waals surface area contributed by atoms with Gasteiger partial charge in [-0.2, -0.15) is 4.31 Å². The fraction of sp³-hybridized carbons (Fsp3) is 0.318. The van der Waals surface area contributed by atoms with Gasteiger partial charge in [-0.05, 0) is 37.3 Å². The molecule has 33 heavy (non-hydrogen) atoms. The van der Waals surface area contributed by atoms with Gasteiger partial charge in [0.1, 0.15) is 0 Å². The summed E-state index contributed by atoms with van der Waals surface area (Å²) in [7, 11) is -3.62. The number of carbonyl (C=O) groups excluding carboxylic acids is 3. The molecule has 0 aromatic heterocycles. The molecule has 2 aromatic rings. The number of carbonyl (C=O) groups is 3. The van der Waals surface area contributed by atoms with E-state index < -0.39 is 28.5 Å². The van der Waals surface area contributed by atoms with Crippen LogP contribution in [0.25, 0.3) is 0 Å². The maximum Gasteiger partial charge on any atom is 0.338 e. The highest BCUT2D eigenvalue weighted by Crippen LogP contribution is 2.32. The smallest absolute Gasteiger partial charge is 0.338 e. The largest absolute Gasteiger partial charge is 0.452 e. The van der Waals surface area contributed by atoms with E-state index in [1.54, 1.807) is 36.4 Å². The predicted molar refractivity (Wildman–Crippen MR) is 123 cm³/mol. The first-order valence-electron chi connectivity index (χ1n) is 10.3. The van der Waals surface area contributed by atoms with E-state index >= 15 is 0 Å². The van der Waals surface area contributed by atoms with Crippen molar-refractivity contribution < 1.29 is 27.5 Å². The lowest BCUT2D eigenvalue weighted by atomic mass is 10.2. The van der Waals surface area contributed by atoms with Crippen LogP contribution < -0.4 is 5.32 Å². The van der Waals surface area contributed by atoms with Crippen LogP contribution in [0.15, 0.2) is 52.3 Å². The van der Waals surface area contributed by atoms with Gasteiger partial charge in [0, 0.05) is 31.1 Å². The fourth-order valence-corrected chi connectivity index (χ4v) is 5.76. The third kappa shape index (κ3) is 5.21. The molecule has 0 unspecified atom stereocenters. The molecule has 2 aliphatic heterocycles. The third-order valence-corrected chi connectivity index (χ3v) is 8.41. The number of esters is 1. The van der Waals surface area contributed by atoms with E-state index in [2.05, 4.69) is 5.32 Å². The van der Waals surface area contributed by atoms with Gasteiger partial charge >= 0.3 is 5.97 Å². The lowest BCUT2D eigenvalue weighted by Gasteiger charge is -2.33. The normalized spacial score (nSPS) is 16.6. The average Bonchev–Trinajstić information content (AvgIpc) is 2.82. The van der Waals surface area contributed by atoms with Crippen LogP contribution in [0.3, 0.4) is 0 Å². The molecule has 4 rings (SSSR count). The zero-order valence-electron chi connectivity index (χ0n) is 17.9. The number of nitrogens with one attached hydrogen (secondary N) is 1. The number of sulfonamides is 1. The van der Waals surface area contributed by atoms with E-state index in [4.69, 9.17) is 4.74 Å². The number of piperazine rings is 1. The number of aryl methyl sites for hydroxylation is 1. The molecule has 2 heterocycles. The van der Waals surface area contributed by atoms with Gasteiger partial charge in [0.15, 0.2) is 6.61 Å². The number of amides is 2. The molecular formula is C22H23N3O6S2. The molecule has 1 N–H and O–H groups in total. The lowest BCUT2D eigenvalue weighted by Crippen LogP contribution is -2.51. The van der Waals surface area contributed by atoms with E-state index in [-0.39, 0.29) is 42.5 Å². The second kappa shape index (κ2) is 9.54. The van der Waals surface area contributed by atoms with E-state index in [0.717, 1.165) is 10.5 Å². The van der Waals surface area contributed by atoms with Crippen molar-refractivity contribution in [3.05, 3.63) is 53.6 Å². The summed E-state index contributed by atoms with van der Waals surface area (Å²) in [6, 6.07) is 11.5. The maximum atomic E-state index is 12.8. The van der Waals surface area contributed by atoms with Crippen molar-refractivity contribution in [1.29, 1.82) is 0 Å². The molecule has 174 valence electrons. The van der Waals surface area contributed by atoms with Crippen molar-refractivity contribution in [3.63, 3.8) is 0 Å². The molecule has 1 fully saturated rings. The quantitative estimate of drug-likeness (QED) is 0.637. The average molecular weight is 490 g/mol. The summed E-state index contributed by atoms with van der Waals surface area (Å²) in [5.41, 5.74) is 1.75. The number of thioether (sulfide) groups is 1. The highest BCUT2D eigenvalue weighted by Gasteiger charge is 2.30. The fourth-order valence-electron chi connectivity index (χ4n) is 3.55. The minimum Gasteiger partial charge on any atom is -0.452 e. The zero-order valence-corrected chi connectivity index (χ0v) is 19.6. The number of nitrogens with zero attached hydrogens (tertiary/aromatic N) is 2. The Morgan fingerprint density at radius 3 is 2.45 bits per heavy atom. The minimum absolute atomic E-state index is 0.142. The number of rotatable bonds is 5. The van der Waals surface area contributed by atoms with Crippen molar-refractivity contribution in [3.8, 4) is 0 Å². The summed E-state index contributed by atoms with van der Waals surface area (Å²) in [6.07, 6.45) is 0. The molecule has 0 saturated carbocycles. The van der Waals surface area contributed by atoms with E-state index in [9.17, 15) is 22.8 Å². The van der Waals surface area contributed by atoms with Crippen LogP contribution in [0, 0.1) is 6.92 Å². The molecule has 2 aliphatic rings. The number of hydrogen-bond acceptors (Lipinski definition) is 7. The summed E-state index contributed by atoms with van der Waals surface area (Å²) in [4.78, 5) is 39.0. The van der Waals surface area contributed by atoms with Crippen molar-refractivity contribution >= 4 is 45.3 Å². The molecule has 2 amide bonds. The predicted octanol–water partition coefficient (Wildman–Crippen LogP) is 1.73. The van der Waals surface area contributed by atoms with Crippen molar-refractivity contribution in [1.82, 2.24) is 9.21 Å². The lowest BCUT2D eigenvalue weighted by molar-refractivity contribution is -0.135. The van der Waals surface area contributed by atoms with Crippen LogP contribution in [-0.2, 0) is 24.3 Å².